The Hall–Kier alpha value is -0.830. The maximum absolute atomic E-state index is 5.55. The van der Waals surface area contributed by atoms with Gasteiger partial charge in [0.1, 0.15) is 0 Å². The van der Waals surface area contributed by atoms with Gasteiger partial charge in [0.15, 0.2) is 0 Å². The van der Waals surface area contributed by atoms with Gasteiger partial charge in [0, 0.05) is 12.7 Å². The van der Waals surface area contributed by atoms with Crippen LogP contribution >= 0.6 is 0 Å². The van der Waals surface area contributed by atoms with Crippen molar-refractivity contribution in [3.63, 3.8) is 0 Å². The van der Waals surface area contributed by atoms with Crippen LogP contribution in [0.1, 0.15) is 25.8 Å². The van der Waals surface area contributed by atoms with Gasteiger partial charge in [-0.2, -0.15) is 5.10 Å². The summed E-state index contributed by atoms with van der Waals surface area (Å²) < 4.78 is 1.96. The van der Waals surface area contributed by atoms with Crippen LogP contribution in [0.4, 0.5) is 0 Å². The summed E-state index contributed by atoms with van der Waals surface area (Å²) in [4.78, 5) is 0. The number of aromatic nitrogens is 2. The standard InChI is InChI=1S/C10H19N3/c1-3-13-8-10(7-12-13)5-4-9(2)6-11/h7-9H,3-6,11H2,1-2H3. The number of hydrogen-bond donors (Lipinski definition) is 1. The van der Waals surface area contributed by atoms with Crippen molar-refractivity contribution in [2.45, 2.75) is 33.2 Å². The summed E-state index contributed by atoms with van der Waals surface area (Å²) in [7, 11) is 0. The van der Waals surface area contributed by atoms with Gasteiger partial charge >= 0.3 is 0 Å². The lowest BCUT2D eigenvalue weighted by molar-refractivity contribution is 0.544. The molecule has 1 aromatic rings. The fourth-order valence-corrected chi connectivity index (χ4v) is 1.24. The molecule has 0 aromatic carbocycles. The molecule has 74 valence electrons. The molecule has 0 fully saturated rings. The molecule has 0 radical (unpaired) electrons. The molecule has 0 aliphatic rings. The lowest BCUT2D eigenvalue weighted by Crippen LogP contribution is -2.11. The smallest absolute Gasteiger partial charge is 0.0521 e. The Morgan fingerprint density at radius 3 is 2.92 bits per heavy atom. The SMILES string of the molecule is CCn1cc(CCC(C)CN)cn1. The third-order valence-electron chi connectivity index (χ3n) is 2.34. The molecule has 1 rings (SSSR count). The second kappa shape index (κ2) is 5.02. The van der Waals surface area contributed by atoms with Gasteiger partial charge in [-0.05, 0) is 37.8 Å². The molecule has 0 aliphatic carbocycles. The number of nitrogens with two attached hydrogens (primary N) is 1. The van der Waals surface area contributed by atoms with Crippen LogP contribution in [0.3, 0.4) is 0 Å². The second-order valence-electron chi connectivity index (χ2n) is 3.58. The molecule has 0 spiro atoms. The van der Waals surface area contributed by atoms with Crippen LogP contribution in [-0.2, 0) is 13.0 Å². The topological polar surface area (TPSA) is 43.8 Å². The Balaban J connectivity index is 2.36. The van der Waals surface area contributed by atoms with E-state index in [2.05, 4.69) is 25.1 Å². The molecule has 1 heterocycles. The van der Waals surface area contributed by atoms with Crippen LogP contribution < -0.4 is 5.73 Å². The van der Waals surface area contributed by atoms with Gasteiger partial charge in [-0.15, -0.1) is 0 Å². The van der Waals surface area contributed by atoms with Crippen molar-refractivity contribution >= 4 is 0 Å². The summed E-state index contributed by atoms with van der Waals surface area (Å²) in [5.41, 5.74) is 6.87. The Morgan fingerprint density at radius 1 is 1.62 bits per heavy atom. The average molecular weight is 181 g/mol. The quantitative estimate of drug-likeness (QED) is 0.746. The van der Waals surface area contributed by atoms with Crippen molar-refractivity contribution in [2.75, 3.05) is 6.54 Å². The normalized spacial score (nSPS) is 13.2. The number of nitrogens with zero attached hydrogens (tertiary/aromatic N) is 2. The molecule has 0 saturated heterocycles. The minimum absolute atomic E-state index is 0.616. The third-order valence-corrected chi connectivity index (χ3v) is 2.34. The minimum atomic E-state index is 0.616. The monoisotopic (exact) mass is 181 g/mol. The molecule has 2 N–H and O–H groups in total. The number of hydrogen-bond acceptors (Lipinski definition) is 2. The Labute approximate surface area is 79.9 Å². The van der Waals surface area contributed by atoms with E-state index in [1.807, 2.05) is 10.9 Å². The molecule has 13 heavy (non-hydrogen) atoms. The predicted molar refractivity (Wildman–Crippen MR) is 54.4 cm³/mol. The first kappa shape index (κ1) is 10.3. The highest BCUT2D eigenvalue weighted by Gasteiger charge is 2.01. The molecule has 0 aliphatic heterocycles. The maximum Gasteiger partial charge on any atom is 0.0521 e. The van der Waals surface area contributed by atoms with Crippen LogP contribution in [0, 0.1) is 5.92 Å². The molecule has 1 aromatic heterocycles. The fraction of sp³-hybridized carbons (Fsp3) is 0.700. The van der Waals surface area contributed by atoms with E-state index in [1.54, 1.807) is 0 Å². The largest absolute Gasteiger partial charge is 0.330 e. The van der Waals surface area contributed by atoms with Crippen molar-refractivity contribution in [3.05, 3.63) is 18.0 Å². The van der Waals surface area contributed by atoms with E-state index in [4.69, 9.17) is 5.73 Å². The van der Waals surface area contributed by atoms with E-state index in [-0.39, 0.29) is 0 Å². The molecule has 1 unspecified atom stereocenters. The molecule has 0 saturated carbocycles. The van der Waals surface area contributed by atoms with E-state index in [1.165, 1.54) is 5.56 Å². The van der Waals surface area contributed by atoms with E-state index in [9.17, 15) is 0 Å². The van der Waals surface area contributed by atoms with Gasteiger partial charge in [-0.3, -0.25) is 4.68 Å². The van der Waals surface area contributed by atoms with Crippen LogP contribution in [0.25, 0.3) is 0 Å². The van der Waals surface area contributed by atoms with Crippen molar-refractivity contribution in [3.8, 4) is 0 Å². The number of aryl methyl sites for hydroxylation is 2. The molecule has 3 nitrogen and oxygen atoms in total. The van der Waals surface area contributed by atoms with Crippen molar-refractivity contribution in [1.82, 2.24) is 9.78 Å². The maximum atomic E-state index is 5.55. The highest BCUT2D eigenvalue weighted by atomic mass is 15.3. The van der Waals surface area contributed by atoms with Crippen molar-refractivity contribution in [1.29, 1.82) is 0 Å². The first-order valence-corrected chi connectivity index (χ1v) is 4.97. The Kier molecular flexibility index (Phi) is 3.96. The lowest BCUT2D eigenvalue weighted by atomic mass is 10.0. The molecule has 3 heteroatoms. The minimum Gasteiger partial charge on any atom is -0.330 e. The molecule has 1 atom stereocenters. The van der Waals surface area contributed by atoms with Gasteiger partial charge in [-0.25, -0.2) is 0 Å². The summed E-state index contributed by atoms with van der Waals surface area (Å²) in [5.74, 6) is 0.616. The summed E-state index contributed by atoms with van der Waals surface area (Å²) in [6.07, 6.45) is 6.32. The van der Waals surface area contributed by atoms with E-state index in [0.717, 1.165) is 25.9 Å². The summed E-state index contributed by atoms with van der Waals surface area (Å²) >= 11 is 0. The van der Waals surface area contributed by atoms with E-state index in [0.29, 0.717) is 5.92 Å². The highest BCUT2D eigenvalue weighted by molar-refractivity contribution is 5.03. The summed E-state index contributed by atoms with van der Waals surface area (Å²) in [5, 5.41) is 4.22. The zero-order valence-electron chi connectivity index (χ0n) is 8.53. The van der Waals surface area contributed by atoms with Crippen LogP contribution in [-0.4, -0.2) is 16.3 Å². The van der Waals surface area contributed by atoms with Crippen molar-refractivity contribution < 1.29 is 0 Å². The van der Waals surface area contributed by atoms with Gasteiger partial charge in [-0.1, -0.05) is 6.92 Å². The molecular formula is C10H19N3. The Morgan fingerprint density at radius 2 is 2.38 bits per heavy atom. The molecule has 0 amide bonds. The molecule has 0 bridgehead atoms. The molecular weight excluding hydrogens is 162 g/mol. The zero-order chi connectivity index (χ0) is 9.68. The summed E-state index contributed by atoms with van der Waals surface area (Å²) in [6, 6.07) is 0. The Bertz CT molecular complexity index is 242. The van der Waals surface area contributed by atoms with Crippen molar-refractivity contribution in [2.24, 2.45) is 11.7 Å². The average Bonchev–Trinajstić information content (AvgIpc) is 2.61. The zero-order valence-corrected chi connectivity index (χ0v) is 8.53. The van der Waals surface area contributed by atoms with Crippen LogP contribution in [0.15, 0.2) is 12.4 Å². The fourth-order valence-electron chi connectivity index (χ4n) is 1.24. The van der Waals surface area contributed by atoms with Crippen LogP contribution in [0.2, 0.25) is 0 Å². The van der Waals surface area contributed by atoms with Gasteiger partial charge in [0.2, 0.25) is 0 Å². The van der Waals surface area contributed by atoms with Gasteiger partial charge in [0.25, 0.3) is 0 Å². The number of rotatable bonds is 5. The van der Waals surface area contributed by atoms with E-state index < -0.39 is 0 Å². The van der Waals surface area contributed by atoms with Crippen LogP contribution in [0.5, 0.6) is 0 Å². The van der Waals surface area contributed by atoms with Gasteiger partial charge in [0.05, 0.1) is 6.20 Å². The first-order valence-electron chi connectivity index (χ1n) is 4.97. The lowest BCUT2D eigenvalue weighted by Gasteiger charge is -2.05. The highest BCUT2D eigenvalue weighted by Crippen LogP contribution is 2.07. The first-order chi connectivity index (χ1) is 6.26. The van der Waals surface area contributed by atoms with E-state index >= 15 is 0 Å². The predicted octanol–water partition coefficient (Wildman–Crippen LogP) is 1.43. The summed E-state index contributed by atoms with van der Waals surface area (Å²) in [6.45, 7) is 6.01. The second-order valence-corrected chi connectivity index (χ2v) is 3.58. The third kappa shape index (κ3) is 3.19. The van der Waals surface area contributed by atoms with Gasteiger partial charge < -0.3 is 5.73 Å².